The summed E-state index contributed by atoms with van der Waals surface area (Å²) in [6.07, 6.45) is 0. The number of hydrogen-bond acceptors (Lipinski definition) is 1. The Morgan fingerprint density at radius 1 is 1.11 bits per heavy atom. The lowest BCUT2D eigenvalue weighted by Gasteiger charge is -2.04. The highest BCUT2D eigenvalue weighted by atomic mass is 127. The average Bonchev–Trinajstić information content (AvgIpc) is 2.38. The Bertz CT molecular complexity index is 584. The van der Waals surface area contributed by atoms with Crippen molar-refractivity contribution < 1.29 is 4.39 Å². The molecule has 0 aliphatic carbocycles. The van der Waals surface area contributed by atoms with Crippen molar-refractivity contribution in [2.24, 2.45) is 0 Å². The molecule has 0 heterocycles. The zero-order chi connectivity index (χ0) is 12.8. The van der Waals surface area contributed by atoms with E-state index in [1.165, 1.54) is 12.1 Å². The van der Waals surface area contributed by atoms with Gasteiger partial charge in [0.1, 0.15) is 5.82 Å². The predicted octanol–water partition coefficient (Wildman–Crippen LogP) is 3.89. The highest BCUT2D eigenvalue weighted by molar-refractivity contribution is 14.1. The Morgan fingerprint density at radius 2 is 1.89 bits per heavy atom. The first-order chi connectivity index (χ1) is 8.75. The van der Waals surface area contributed by atoms with Crippen molar-refractivity contribution in [3.8, 4) is 11.8 Å². The lowest BCUT2D eigenvalue weighted by molar-refractivity contribution is 0.627. The Kier molecular flexibility index (Phi) is 4.59. The van der Waals surface area contributed by atoms with Gasteiger partial charge in [-0.3, -0.25) is 0 Å². The van der Waals surface area contributed by atoms with Crippen LogP contribution in [0, 0.1) is 21.2 Å². The van der Waals surface area contributed by atoms with E-state index in [0.29, 0.717) is 6.54 Å². The molecule has 0 bridgehead atoms. The molecule has 0 amide bonds. The summed E-state index contributed by atoms with van der Waals surface area (Å²) in [5.74, 6) is 5.87. The minimum atomic E-state index is -0.222. The molecule has 1 N–H and O–H groups in total. The molecule has 3 heteroatoms. The molecule has 0 radical (unpaired) electrons. The van der Waals surface area contributed by atoms with Crippen molar-refractivity contribution in [3.63, 3.8) is 0 Å². The van der Waals surface area contributed by atoms with Gasteiger partial charge in [-0.25, -0.2) is 4.39 Å². The molecule has 0 atom stereocenters. The van der Waals surface area contributed by atoms with Crippen LogP contribution in [0.1, 0.15) is 5.56 Å². The van der Waals surface area contributed by atoms with Gasteiger partial charge in [0.05, 0.1) is 6.54 Å². The molecule has 0 saturated carbocycles. The van der Waals surface area contributed by atoms with E-state index in [2.05, 4.69) is 39.7 Å². The molecule has 2 aromatic carbocycles. The van der Waals surface area contributed by atoms with Crippen molar-refractivity contribution in [3.05, 3.63) is 63.5 Å². The van der Waals surface area contributed by atoms with Gasteiger partial charge in [0, 0.05) is 14.8 Å². The van der Waals surface area contributed by atoms with E-state index in [-0.39, 0.29) is 5.82 Å². The summed E-state index contributed by atoms with van der Waals surface area (Å²) >= 11 is 2.10. The Labute approximate surface area is 120 Å². The molecule has 0 spiro atoms. The highest BCUT2D eigenvalue weighted by Gasteiger charge is 1.98. The summed E-state index contributed by atoms with van der Waals surface area (Å²) < 4.78 is 13.8. The molecule has 2 rings (SSSR count). The third kappa shape index (κ3) is 3.74. The second-order valence-corrected chi connectivity index (χ2v) is 4.81. The predicted molar refractivity (Wildman–Crippen MR) is 80.9 cm³/mol. The van der Waals surface area contributed by atoms with E-state index in [0.717, 1.165) is 14.8 Å². The van der Waals surface area contributed by atoms with E-state index < -0.39 is 0 Å². The van der Waals surface area contributed by atoms with Gasteiger partial charge in [-0.2, -0.15) is 0 Å². The molecule has 0 aliphatic rings. The number of halogens is 2. The lowest BCUT2D eigenvalue weighted by atomic mass is 10.2. The second-order valence-electron chi connectivity index (χ2n) is 3.65. The molecular weight excluding hydrogens is 340 g/mol. The number of hydrogen-bond donors (Lipinski definition) is 1. The van der Waals surface area contributed by atoms with Gasteiger partial charge in [-0.1, -0.05) is 30.0 Å². The zero-order valence-electron chi connectivity index (χ0n) is 9.58. The summed E-state index contributed by atoms with van der Waals surface area (Å²) in [6, 6.07) is 14.5. The summed E-state index contributed by atoms with van der Waals surface area (Å²) in [7, 11) is 0. The Hall–Kier alpha value is -1.54. The number of benzene rings is 2. The molecule has 0 fully saturated rings. The molecular formula is C15H11FIN. The van der Waals surface area contributed by atoms with E-state index in [9.17, 15) is 4.39 Å². The number of nitrogens with one attached hydrogen (secondary N) is 1. The van der Waals surface area contributed by atoms with Gasteiger partial charge in [-0.05, 0) is 52.9 Å². The quantitative estimate of drug-likeness (QED) is 0.639. The maximum Gasteiger partial charge on any atom is 0.124 e. The smallest absolute Gasteiger partial charge is 0.124 e. The summed E-state index contributed by atoms with van der Waals surface area (Å²) in [5.41, 5.74) is 1.90. The van der Waals surface area contributed by atoms with Gasteiger partial charge >= 0.3 is 0 Å². The van der Waals surface area contributed by atoms with Gasteiger partial charge in [0.15, 0.2) is 0 Å². The maximum absolute atomic E-state index is 12.9. The first kappa shape index (κ1) is 12.9. The van der Waals surface area contributed by atoms with Gasteiger partial charge in [0.25, 0.3) is 0 Å². The van der Waals surface area contributed by atoms with Crippen LogP contribution < -0.4 is 5.32 Å². The van der Waals surface area contributed by atoms with Crippen molar-refractivity contribution in [1.29, 1.82) is 0 Å². The standard InChI is InChI=1S/C15H11FIN/c16-13-8-9-15(14(17)11-13)18-10-4-7-12-5-2-1-3-6-12/h1-3,5-6,8-9,11,18H,10H2. The average molecular weight is 351 g/mol. The van der Waals surface area contributed by atoms with Crippen LogP contribution >= 0.6 is 22.6 Å². The fourth-order valence-electron chi connectivity index (χ4n) is 1.44. The minimum absolute atomic E-state index is 0.222. The lowest BCUT2D eigenvalue weighted by Crippen LogP contribution is -2.00. The van der Waals surface area contributed by atoms with Crippen LogP contribution in [0.5, 0.6) is 0 Å². The monoisotopic (exact) mass is 351 g/mol. The maximum atomic E-state index is 12.9. The van der Waals surface area contributed by atoms with Crippen LogP contribution in [0.15, 0.2) is 48.5 Å². The van der Waals surface area contributed by atoms with Crippen LogP contribution in [-0.2, 0) is 0 Å². The fraction of sp³-hybridized carbons (Fsp3) is 0.0667. The van der Waals surface area contributed by atoms with Gasteiger partial charge in [-0.15, -0.1) is 0 Å². The zero-order valence-corrected chi connectivity index (χ0v) is 11.7. The van der Waals surface area contributed by atoms with Crippen LogP contribution in [0.2, 0.25) is 0 Å². The second kappa shape index (κ2) is 6.41. The Morgan fingerprint density at radius 3 is 2.61 bits per heavy atom. The fourth-order valence-corrected chi connectivity index (χ4v) is 2.11. The molecule has 90 valence electrons. The van der Waals surface area contributed by atoms with E-state index >= 15 is 0 Å². The van der Waals surface area contributed by atoms with Crippen molar-refractivity contribution in [2.45, 2.75) is 0 Å². The third-order valence-corrected chi connectivity index (χ3v) is 3.20. The molecule has 0 aromatic heterocycles. The molecule has 0 saturated heterocycles. The van der Waals surface area contributed by atoms with Gasteiger partial charge in [0.2, 0.25) is 0 Å². The normalized spacial score (nSPS) is 9.44. The molecule has 1 nitrogen and oxygen atoms in total. The van der Waals surface area contributed by atoms with Crippen LogP contribution in [-0.4, -0.2) is 6.54 Å². The van der Waals surface area contributed by atoms with E-state index in [1.54, 1.807) is 6.07 Å². The first-order valence-corrected chi connectivity index (χ1v) is 6.56. The van der Waals surface area contributed by atoms with E-state index in [4.69, 9.17) is 0 Å². The summed E-state index contributed by atoms with van der Waals surface area (Å²) in [5, 5.41) is 3.16. The van der Waals surface area contributed by atoms with Gasteiger partial charge < -0.3 is 5.32 Å². The highest BCUT2D eigenvalue weighted by Crippen LogP contribution is 2.18. The van der Waals surface area contributed by atoms with Crippen molar-refractivity contribution >= 4 is 28.3 Å². The van der Waals surface area contributed by atoms with Crippen molar-refractivity contribution in [2.75, 3.05) is 11.9 Å². The third-order valence-electron chi connectivity index (χ3n) is 2.30. The van der Waals surface area contributed by atoms with Crippen LogP contribution in [0.3, 0.4) is 0 Å². The molecule has 0 aliphatic heterocycles. The Balaban J connectivity index is 1.95. The molecule has 0 unspecified atom stereocenters. The van der Waals surface area contributed by atoms with E-state index in [1.807, 2.05) is 30.3 Å². The van der Waals surface area contributed by atoms with Crippen LogP contribution in [0.25, 0.3) is 0 Å². The van der Waals surface area contributed by atoms with Crippen LogP contribution in [0.4, 0.5) is 10.1 Å². The number of anilines is 1. The summed E-state index contributed by atoms with van der Waals surface area (Å²) in [4.78, 5) is 0. The summed E-state index contributed by atoms with van der Waals surface area (Å²) in [6.45, 7) is 0.538. The minimum Gasteiger partial charge on any atom is -0.373 e. The largest absolute Gasteiger partial charge is 0.373 e. The molecule has 18 heavy (non-hydrogen) atoms. The SMILES string of the molecule is Fc1ccc(NCC#Cc2ccccc2)c(I)c1. The van der Waals surface area contributed by atoms with Crippen molar-refractivity contribution in [1.82, 2.24) is 0 Å². The molecule has 2 aromatic rings. The number of rotatable bonds is 2. The first-order valence-electron chi connectivity index (χ1n) is 5.48. The topological polar surface area (TPSA) is 12.0 Å².